The number of nitrogens with one attached hydrogen (secondary N) is 1. The van der Waals surface area contributed by atoms with Crippen molar-refractivity contribution in [1.29, 1.82) is 0 Å². The van der Waals surface area contributed by atoms with Crippen molar-refractivity contribution in [1.82, 2.24) is 9.88 Å². The molecule has 0 fully saturated rings. The van der Waals surface area contributed by atoms with E-state index in [0.29, 0.717) is 0 Å². The van der Waals surface area contributed by atoms with Gasteiger partial charge in [0.25, 0.3) is 17.2 Å². The molecule has 0 saturated heterocycles. The molecule has 7 nitrogen and oxygen atoms in total. The fraction of sp³-hybridized carbons (Fsp3) is 0.250. The zero-order valence-corrected chi connectivity index (χ0v) is 8.18. The summed E-state index contributed by atoms with van der Waals surface area (Å²) in [6.45, 7) is 0. The molecule has 1 N–H and O–H groups in total. The van der Waals surface area contributed by atoms with E-state index in [1.165, 1.54) is 19.0 Å². The highest BCUT2D eigenvalue weighted by Crippen LogP contribution is 2.08. The van der Waals surface area contributed by atoms with E-state index in [-0.39, 0.29) is 11.3 Å². The van der Waals surface area contributed by atoms with E-state index in [4.69, 9.17) is 0 Å². The molecule has 0 aliphatic heterocycles. The van der Waals surface area contributed by atoms with Crippen LogP contribution in [0.1, 0.15) is 10.4 Å². The number of hydrogen-bond acceptors (Lipinski definition) is 4. The van der Waals surface area contributed by atoms with E-state index in [1.54, 1.807) is 0 Å². The molecule has 1 aromatic heterocycles. The van der Waals surface area contributed by atoms with Gasteiger partial charge < -0.3 is 9.88 Å². The minimum atomic E-state index is -0.678. The summed E-state index contributed by atoms with van der Waals surface area (Å²) in [5.41, 5.74) is -1.20. The van der Waals surface area contributed by atoms with E-state index < -0.39 is 16.4 Å². The van der Waals surface area contributed by atoms with E-state index in [1.807, 2.05) is 0 Å². The number of carbonyl (C=O) groups is 1. The molecule has 1 amide bonds. The summed E-state index contributed by atoms with van der Waals surface area (Å²) in [6, 6.07) is 0.959. The van der Waals surface area contributed by atoms with Crippen LogP contribution in [-0.4, -0.2) is 34.8 Å². The summed E-state index contributed by atoms with van der Waals surface area (Å²) in [5, 5.41) is 10.4. The van der Waals surface area contributed by atoms with Crippen LogP contribution in [0.2, 0.25) is 0 Å². The highest BCUT2D eigenvalue weighted by molar-refractivity contribution is 5.93. The molecule has 0 aromatic carbocycles. The summed E-state index contributed by atoms with van der Waals surface area (Å²) in [7, 11) is 2.92. The summed E-state index contributed by atoms with van der Waals surface area (Å²) in [5.74, 6) is -0.569. The second-order valence-electron chi connectivity index (χ2n) is 3.06. The standard InChI is InChI=1S/C8H9N3O4/c1-10(2)8(13)6-3-5(11(14)15)4-9-7(6)12/h3-4H,1-2H3,(H,9,12). The van der Waals surface area contributed by atoms with E-state index in [9.17, 15) is 19.7 Å². The fourth-order valence-corrected chi connectivity index (χ4v) is 0.978. The molecular formula is C8H9N3O4. The number of rotatable bonds is 2. The van der Waals surface area contributed by atoms with Crippen LogP contribution >= 0.6 is 0 Å². The maximum atomic E-state index is 11.4. The first-order chi connectivity index (χ1) is 6.93. The number of pyridine rings is 1. The third-order valence-electron chi connectivity index (χ3n) is 1.74. The van der Waals surface area contributed by atoms with Crippen LogP contribution in [0.5, 0.6) is 0 Å². The number of hydrogen-bond donors (Lipinski definition) is 1. The van der Waals surface area contributed by atoms with Gasteiger partial charge in [-0.15, -0.1) is 0 Å². The molecule has 7 heteroatoms. The van der Waals surface area contributed by atoms with Gasteiger partial charge in [0.15, 0.2) is 0 Å². The van der Waals surface area contributed by atoms with Crippen LogP contribution in [0.25, 0.3) is 0 Å². The molecule has 0 spiro atoms. The van der Waals surface area contributed by atoms with E-state index in [0.717, 1.165) is 12.3 Å². The first-order valence-corrected chi connectivity index (χ1v) is 4.02. The maximum Gasteiger partial charge on any atom is 0.286 e. The number of carbonyl (C=O) groups excluding carboxylic acids is 1. The van der Waals surface area contributed by atoms with Crippen LogP contribution < -0.4 is 5.56 Å². The minimum Gasteiger partial charge on any atom is -0.345 e. The Morgan fingerprint density at radius 1 is 1.53 bits per heavy atom. The first kappa shape index (κ1) is 10.9. The first-order valence-electron chi connectivity index (χ1n) is 4.02. The third-order valence-corrected chi connectivity index (χ3v) is 1.74. The monoisotopic (exact) mass is 211 g/mol. The van der Waals surface area contributed by atoms with Crippen LogP contribution in [-0.2, 0) is 0 Å². The Kier molecular flexibility index (Phi) is 2.84. The van der Waals surface area contributed by atoms with Crippen molar-refractivity contribution >= 4 is 11.6 Å². The number of amides is 1. The molecule has 80 valence electrons. The molecule has 0 atom stereocenters. The average molecular weight is 211 g/mol. The van der Waals surface area contributed by atoms with Crippen LogP contribution in [0.3, 0.4) is 0 Å². The van der Waals surface area contributed by atoms with Crippen molar-refractivity contribution < 1.29 is 9.72 Å². The number of nitrogens with zero attached hydrogens (tertiary/aromatic N) is 2. The highest BCUT2D eigenvalue weighted by atomic mass is 16.6. The molecule has 15 heavy (non-hydrogen) atoms. The quantitative estimate of drug-likeness (QED) is 0.549. The topological polar surface area (TPSA) is 96.3 Å². The molecule has 0 unspecified atom stereocenters. The average Bonchev–Trinajstić information content (AvgIpc) is 2.16. The summed E-state index contributed by atoms with van der Waals surface area (Å²) in [4.78, 5) is 35.7. The normalized spacial score (nSPS) is 9.73. The van der Waals surface area contributed by atoms with Crippen LogP contribution in [0, 0.1) is 10.1 Å². The number of nitro groups is 1. The SMILES string of the molecule is CN(C)C(=O)c1cc([N+](=O)[O-])c[nH]c1=O. The Balaban J connectivity index is 3.29. The zero-order chi connectivity index (χ0) is 11.6. The lowest BCUT2D eigenvalue weighted by Gasteiger charge is -2.08. The number of aromatic nitrogens is 1. The van der Waals surface area contributed by atoms with Gasteiger partial charge in [-0.05, 0) is 0 Å². The van der Waals surface area contributed by atoms with Crippen molar-refractivity contribution in [3.8, 4) is 0 Å². The molecule has 0 bridgehead atoms. The van der Waals surface area contributed by atoms with Gasteiger partial charge in [-0.3, -0.25) is 19.7 Å². The number of aromatic amines is 1. The molecular weight excluding hydrogens is 202 g/mol. The van der Waals surface area contributed by atoms with Gasteiger partial charge in [0.1, 0.15) is 5.56 Å². The highest BCUT2D eigenvalue weighted by Gasteiger charge is 2.17. The van der Waals surface area contributed by atoms with Crippen LogP contribution in [0.15, 0.2) is 17.1 Å². The smallest absolute Gasteiger partial charge is 0.286 e. The maximum absolute atomic E-state index is 11.4. The summed E-state index contributed by atoms with van der Waals surface area (Å²) >= 11 is 0. The zero-order valence-electron chi connectivity index (χ0n) is 8.18. The lowest BCUT2D eigenvalue weighted by atomic mass is 10.2. The molecule has 1 aromatic rings. The van der Waals surface area contributed by atoms with Crippen LogP contribution in [0.4, 0.5) is 5.69 Å². The minimum absolute atomic E-state index is 0.241. The Morgan fingerprint density at radius 2 is 2.13 bits per heavy atom. The van der Waals surface area contributed by atoms with Crippen molar-refractivity contribution in [2.75, 3.05) is 14.1 Å². The van der Waals surface area contributed by atoms with Crippen molar-refractivity contribution in [2.24, 2.45) is 0 Å². The number of H-pyrrole nitrogens is 1. The second-order valence-corrected chi connectivity index (χ2v) is 3.06. The third kappa shape index (κ3) is 2.19. The molecule has 0 aliphatic carbocycles. The Labute approximate surface area is 84.5 Å². The Hall–Kier alpha value is -2.18. The van der Waals surface area contributed by atoms with Gasteiger partial charge in [-0.2, -0.15) is 0 Å². The molecule has 0 saturated carbocycles. The second kappa shape index (κ2) is 3.91. The predicted octanol–water partition coefficient (Wildman–Crippen LogP) is -0.0151. The van der Waals surface area contributed by atoms with Gasteiger partial charge in [0, 0.05) is 20.2 Å². The lowest BCUT2D eigenvalue weighted by Crippen LogP contribution is -2.28. The Bertz CT molecular complexity index is 463. The largest absolute Gasteiger partial charge is 0.345 e. The van der Waals surface area contributed by atoms with Gasteiger partial charge in [0.05, 0.1) is 11.1 Å². The van der Waals surface area contributed by atoms with Gasteiger partial charge in [0.2, 0.25) is 0 Å². The van der Waals surface area contributed by atoms with E-state index in [2.05, 4.69) is 4.98 Å². The summed E-state index contributed by atoms with van der Waals surface area (Å²) in [6.07, 6.45) is 0.953. The fourth-order valence-electron chi connectivity index (χ4n) is 0.978. The van der Waals surface area contributed by atoms with E-state index >= 15 is 0 Å². The molecule has 0 radical (unpaired) electrons. The van der Waals surface area contributed by atoms with Gasteiger partial charge in [-0.25, -0.2) is 0 Å². The van der Waals surface area contributed by atoms with Crippen molar-refractivity contribution in [3.63, 3.8) is 0 Å². The van der Waals surface area contributed by atoms with Crippen molar-refractivity contribution in [3.05, 3.63) is 38.3 Å². The molecule has 0 aliphatic rings. The predicted molar refractivity (Wildman–Crippen MR) is 51.7 cm³/mol. The summed E-state index contributed by atoms with van der Waals surface area (Å²) < 4.78 is 0. The van der Waals surface area contributed by atoms with Gasteiger partial charge >= 0.3 is 0 Å². The molecule has 1 rings (SSSR count). The van der Waals surface area contributed by atoms with Gasteiger partial charge in [-0.1, -0.05) is 0 Å². The molecule has 1 heterocycles. The lowest BCUT2D eigenvalue weighted by molar-refractivity contribution is -0.385. The Morgan fingerprint density at radius 3 is 2.60 bits per heavy atom. The van der Waals surface area contributed by atoms with Crippen molar-refractivity contribution in [2.45, 2.75) is 0 Å².